The number of nitrogens with one attached hydrogen (secondary N) is 2. The van der Waals surface area contributed by atoms with E-state index in [-0.39, 0.29) is 24.2 Å². The van der Waals surface area contributed by atoms with E-state index in [2.05, 4.69) is 10.6 Å². The van der Waals surface area contributed by atoms with E-state index in [1.54, 1.807) is 25.3 Å². The first-order chi connectivity index (χ1) is 14.5. The molecule has 0 unspecified atom stereocenters. The highest BCUT2D eigenvalue weighted by atomic mass is 32.1. The van der Waals surface area contributed by atoms with Crippen molar-refractivity contribution in [3.63, 3.8) is 0 Å². The Morgan fingerprint density at radius 1 is 1.23 bits per heavy atom. The fourth-order valence-corrected chi connectivity index (χ4v) is 4.68. The molecule has 0 aliphatic heterocycles. The van der Waals surface area contributed by atoms with Crippen molar-refractivity contribution >= 4 is 28.2 Å². The summed E-state index contributed by atoms with van der Waals surface area (Å²) >= 11 is 1.43. The van der Waals surface area contributed by atoms with Gasteiger partial charge in [-0.15, -0.1) is 11.3 Å². The van der Waals surface area contributed by atoms with Gasteiger partial charge in [0.15, 0.2) is 6.10 Å². The van der Waals surface area contributed by atoms with E-state index < -0.39 is 6.10 Å². The van der Waals surface area contributed by atoms with E-state index in [4.69, 9.17) is 9.15 Å². The third kappa shape index (κ3) is 4.38. The number of anilines is 1. The SMILES string of the molecule is C[C@@H](Oc1ccc(F)cc1)C(=O)Nc1sc2c(c1C(=O)NCc1ccco1)CCC2. The van der Waals surface area contributed by atoms with Crippen molar-refractivity contribution < 1.29 is 23.1 Å². The van der Waals surface area contributed by atoms with Crippen molar-refractivity contribution in [3.05, 3.63) is 70.2 Å². The first-order valence-electron chi connectivity index (χ1n) is 9.69. The number of fused-ring (bicyclic) bond motifs is 1. The second-order valence-electron chi connectivity index (χ2n) is 7.03. The Bertz CT molecular complexity index is 1040. The summed E-state index contributed by atoms with van der Waals surface area (Å²) in [6, 6.07) is 9.02. The molecule has 0 radical (unpaired) electrons. The second-order valence-corrected chi connectivity index (χ2v) is 8.13. The summed E-state index contributed by atoms with van der Waals surface area (Å²) in [6.45, 7) is 1.88. The lowest BCUT2D eigenvalue weighted by atomic mass is 10.1. The molecule has 1 aromatic carbocycles. The molecule has 1 aliphatic carbocycles. The molecule has 2 aromatic heterocycles. The molecule has 0 saturated heterocycles. The number of furan rings is 1. The first-order valence-corrected chi connectivity index (χ1v) is 10.5. The molecule has 0 saturated carbocycles. The zero-order valence-corrected chi connectivity index (χ0v) is 17.2. The van der Waals surface area contributed by atoms with Crippen molar-refractivity contribution in [1.82, 2.24) is 5.32 Å². The molecule has 0 bridgehead atoms. The molecule has 0 spiro atoms. The zero-order chi connectivity index (χ0) is 21.1. The fourth-order valence-electron chi connectivity index (χ4n) is 3.39. The van der Waals surface area contributed by atoms with Gasteiger partial charge < -0.3 is 19.8 Å². The van der Waals surface area contributed by atoms with Crippen LogP contribution in [0.3, 0.4) is 0 Å². The van der Waals surface area contributed by atoms with Gasteiger partial charge in [0.1, 0.15) is 22.3 Å². The predicted octanol–water partition coefficient (Wildman–Crippen LogP) is 4.30. The number of halogens is 1. The summed E-state index contributed by atoms with van der Waals surface area (Å²) in [6.07, 6.45) is 3.45. The van der Waals surface area contributed by atoms with Crippen LogP contribution in [0.4, 0.5) is 9.39 Å². The quantitative estimate of drug-likeness (QED) is 0.588. The Kier molecular flexibility index (Phi) is 5.85. The van der Waals surface area contributed by atoms with Gasteiger partial charge in [-0.2, -0.15) is 0 Å². The molecule has 8 heteroatoms. The monoisotopic (exact) mass is 428 g/mol. The second kappa shape index (κ2) is 8.71. The number of rotatable bonds is 7. The molecular formula is C22H21FN2O4S. The number of thiophene rings is 1. The Morgan fingerprint density at radius 2 is 2.03 bits per heavy atom. The number of carbonyl (C=O) groups excluding carboxylic acids is 2. The Hall–Kier alpha value is -3.13. The van der Waals surface area contributed by atoms with Crippen molar-refractivity contribution in [2.24, 2.45) is 0 Å². The van der Waals surface area contributed by atoms with Gasteiger partial charge in [-0.1, -0.05) is 0 Å². The normalized spacial score (nSPS) is 13.5. The maximum absolute atomic E-state index is 13.0. The Balaban J connectivity index is 1.47. The number of benzene rings is 1. The topological polar surface area (TPSA) is 80.6 Å². The van der Waals surface area contributed by atoms with E-state index >= 15 is 0 Å². The van der Waals surface area contributed by atoms with Crippen molar-refractivity contribution in [1.29, 1.82) is 0 Å². The first kappa shape index (κ1) is 20.2. The highest BCUT2D eigenvalue weighted by Crippen LogP contribution is 2.39. The van der Waals surface area contributed by atoms with Crippen LogP contribution in [-0.4, -0.2) is 17.9 Å². The van der Waals surface area contributed by atoms with Gasteiger partial charge >= 0.3 is 0 Å². The van der Waals surface area contributed by atoms with Crippen LogP contribution in [0.5, 0.6) is 5.75 Å². The van der Waals surface area contributed by atoms with Gasteiger partial charge in [-0.05, 0) is 68.1 Å². The summed E-state index contributed by atoms with van der Waals surface area (Å²) in [5, 5.41) is 6.23. The molecule has 30 heavy (non-hydrogen) atoms. The molecule has 156 valence electrons. The zero-order valence-electron chi connectivity index (χ0n) is 16.4. The van der Waals surface area contributed by atoms with Crippen LogP contribution in [0.1, 0.15) is 39.9 Å². The van der Waals surface area contributed by atoms with Gasteiger partial charge in [-0.3, -0.25) is 9.59 Å². The van der Waals surface area contributed by atoms with Crippen LogP contribution in [-0.2, 0) is 24.2 Å². The standard InChI is InChI=1S/C22H21FN2O4S/c1-13(29-15-9-7-14(23)8-10-15)20(26)25-22-19(17-5-2-6-18(17)30-22)21(27)24-12-16-4-3-11-28-16/h3-4,7-11,13H,2,5-6,12H2,1H3,(H,24,27)(H,25,26)/t13-/m1/s1. The molecule has 2 amide bonds. The van der Waals surface area contributed by atoms with Crippen molar-refractivity contribution in [2.75, 3.05) is 5.32 Å². The van der Waals surface area contributed by atoms with E-state index in [1.807, 2.05) is 0 Å². The molecule has 4 rings (SSSR count). The lowest BCUT2D eigenvalue weighted by Gasteiger charge is -2.15. The number of aryl methyl sites for hydroxylation is 1. The number of carbonyl (C=O) groups is 2. The van der Waals surface area contributed by atoms with E-state index in [0.29, 0.717) is 22.1 Å². The van der Waals surface area contributed by atoms with Crippen LogP contribution < -0.4 is 15.4 Å². The minimum atomic E-state index is -0.813. The summed E-state index contributed by atoms with van der Waals surface area (Å²) in [7, 11) is 0. The summed E-state index contributed by atoms with van der Waals surface area (Å²) in [5.41, 5.74) is 1.51. The highest BCUT2D eigenvalue weighted by molar-refractivity contribution is 7.17. The summed E-state index contributed by atoms with van der Waals surface area (Å²) in [5.74, 6) is 0.0524. The molecule has 1 atom stereocenters. The summed E-state index contributed by atoms with van der Waals surface area (Å²) < 4.78 is 23.9. The molecule has 2 N–H and O–H groups in total. The van der Waals surface area contributed by atoms with Crippen molar-refractivity contribution in [2.45, 2.75) is 38.8 Å². The average molecular weight is 428 g/mol. The third-order valence-corrected chi connectivity index (χ3v) is 6.09. The molecule has 1 aliphatic rings. The fraction of sp³-hybridized carbons (Fsp3) is 0.273. The highest BCUT2D eigenvalue weighted by Gasteiger charge is 2.28. The van der Waals surface area contributed by atoms with E-state index in [0.717, 1.165) is 29.7 Å². The molecule has 6 nitrogen and oxygen atoms in total. The van der Waals surface area contributed by atoms with Gasteiger partial charge in [0.05, 0.1) is 18.4 Å². The van der Waals surface area contributed by atoms with Gasteiger partial charge in [0, 0.05) is 4.88 Å². The van der Waals surface area contributed by atoms with Crippen LogP contribution in [0, 0.1) is 5.82 Å². The molecule has 0 fully saturated rings. The summed E-state index contributed by atoms with van der Waals surface area (Å²) in [4.78, 5) is 26.7. The lowest BCUT2D eigenvalue weighted by molar-refractivity contribution is -0.122. The minimum absolute atomic E-state index is 0.242. The largest absolute Gasteiger partial charge is 0.481 e. The number of ether oxygens (including phenoxy) is 1. The van der Waals surface area contributed by atoms with Gasteiger partial charge in [-0.25, -0.2) is 4.39 Å². The number of hydrogen-bond donors (Lipinski definition) is 2. The predicted molar refractivity (Wildman–Crippen MR) is 111 cm³/mol. The Labute approximate surface area is 177 Å². The Morgan fingerprint density at radius 3 is 2.77 bits per heavy atom. The van der Waals surface area contributed by atoms with Crippen LogP contribution >= 0.6 is 11.3 Å². The minimum Gasteiger partial charge on any atom is -0.481 e. The van der Waals surface area contributed by atoms with E-state index in [9.17, 15) is 14.0 Å². The van der Waals surface area contributed by atoms with E-state index in [1.165, 1.54) is 35.6 Å². The van der Waals surface area contributed by atoms with Gasteiger partial charge in [0.2, 0.25) is 0 Å². The molecular weight excluding hydrogens is 407 g/mol. The number of amides is 2. The molecule has 3 aromatic rings. The van der Waals surface area contributed by atoms with Gasteiger partial charge in [0.25, 0.3) is 11.8 Å². The maximum atomic E-state index is 13.0. The third-order valence-electron chi connectivity index (χ3n) is 4.88. The van der Waals surface area contributed by atoms with Crippen molar-refractivity contribution in [3.8, 4) is 5.75 Å². The average Bonchev–Trinajstić information content (AvgIpc) is 3.45. The number of hydrogen-bond acceptors (Lipinski definition) is 5. The lowest BCUT2D eigenvalue weighted by Crippen LogP contribution is -2.31. The molecule has 2 heterocycles. The van der Waals surface area contributed by atoms with Crippen LogP contribution in [0.25, 0.3) is 0 Å². The smallest absolute Gasteiger partial charge is 0.265 e. The van der Waals surface area contributed by atoms with Crippen LogP contribution in [0.15, 0.2) is 47.1 Å². The maximum Gasteiger partial charge on any atom is 0.265 e. The van der Waals surface area contributed by atoms with Crippen LogP contribution in [0.2, 0.25) is 0 Å².